The molecule has 8 heteroatoms. The Morgan fingerprint density at radius 1 is 1.16 bits per heavy atom. The molecule has 1 N–H and O–H groups in total. The van der Waals surface area contributed by atoms with Crippen LogP contribution in [-0.2, 0) is 10.0 Å². The molecular weight excluding hydrogens is 422 g/mol. The number of alkyl halides is 2. The smallest absolute Gasteiger partial charge is 0.264 e. The highest BCUT2D eigenvalue weighted by Gasteiger charge is 2.39. The lowest BCUT2D eigenvalue weighted by atomic mass is 10.1. The van der Waals surface area contributed by atoms with E-state index in [-0.39, 0.29) is 30.4 Å². The second kappa shape index (κ2) is 9.12. The molecule has 2 aromatic carbocycles. The highest BCUT2D eigenvalue weighted by atomic mass is 32.2. The van der Waals surface area contributed by atoms with Crippen molar-refractivity contribution >= 4 is 15.7 Å². The molecule has 0 unspecified atom stereocenters. The van der Waals surface area contributed by atoms with Crippen LogP contribution in [0.3, 0.4) is 0 Å². The number of benzene rings is 2. The highest BCUT2D eigenvalue weighted by molar-refractivity contribution is 7.92. The van der Waals surface area contributed by atoms with Crippen LogP contribution >= 0.6 is 0 Å². The van der Waals surface area contributed by atoms with Crippen LogP contribution in [0.1, 0.15) is 31.4 Å². The number of nitrogens with one attached hydrogen (secondary N) is 1. The van der Waals surface area contributed by atoms with Gasteiger partial charge < -0.3 is 10.1 Å². The minimum Gasteiger partial charge on any atom is -0.492 e. The molecule has 1 aliphatic heterocycles. The summed E-state index contributed by atoms with van der Waals surface area (Å²) < 4.78 is 60.5. The number of aryl methyl sites for hydroxylation is 2. The van der Waals surface area contributed by atoms with Crippen molar-refractivity contribution < 1.29 is 21.9 Å². The zero-order valence-corrected chi connectivity index (χ0v) is 19.2. The minimum atomic E-state index is -3.78. The Morgan fingerprint density at radius 3 is 2.39 bits per heavy atom. The minimum absolute atomic E-state index is 0.101. The molecule has 5 nitrogen and oxygen atoms in total. The molecule has 0 aliphatic carbocycles. The van der Waals surface area contributed by atoms with Gasteiger partial charge in [-0.1, -0.05) is 31.5 Å². The predicted octanol–water partition coefficient (Wildman–Crippen LogP) is 4.53. The Bertz CT molecular complexity index is 1010. The number of halogens is 2. The SMILES string of the molecule is Cc1ccc(N(CC(C)C)S(=O)(=O)c2ccc(OC[C@@H]3CC(F)(F)CN3)cc2)c(C)c1. The fourth-order valence-corrected chi connectivity index (χ4v) is 5.38. The molecule has 0 aromatic heterocycles. The lowest BCUT2D eigenvalue weighted by Crippen LogP contribution is -2.34. The normalized spacial score (nSPS) is 18.4. The molecule has 1 aliphatic rings. The van der Waals surface area contributed by atoms with Crippen molar-refractivity contribution in [1.29, 1.82) is 0 Å². The van der Waals surface area contributed by atoms with E-state index in [0.29, 0.717) is 18.0 Å². The number of rotatable bonds is 8. The largest absolute Gasteiger partial charge is 0.492 e. The second-order valence-corrected chi connectivity index (χ2v) is 10.5. The van der Waals surface area contributed by atoms with Crippen LogP contribution in [0.2, 0.25) is 0 Å². The zero-order chi connectivity index (χ0) is 22.8. The number of ether oxygens (including phenoxy) is 1. The van der Waals surface area contributed by atoms with E-state index in [1.54, 1.807) is 12.1 Å². The summed E-state index contributed by atoms with van der Waals surface area (Å²) in [5, 5.41) is 2.74. The topological polar surface area (TPSA) is 58.6 Å². The molecule has 31 heavy (non-hydrogen) atoms. The molecule has 1 saturated heterocycles. The summed E-state index contributed by atoms with van der Waals surface area (Å²) in [6, 6.07) is 11.4. The van der Waals surface area contributed by atoms with Crippen molar-refractivity contribution in [2.24, 2.45) is 5.92 Å². The van der Waals surface area contributed by atoms with Crippen LogP contribution in [0.5, 0.6) is 5.75 Å². The van der Waals surface area contributed by atoms with Crippen molar-refractivity contribution in [3.05, 3.63) is 53.6 Å². The van der Waals surface area contributed by atoms with Crippen molar-refractivity contribution in [2.75, 3.05) is 24.0 Å². The van der Waals surface area contributed by atoms with E-state index in [0.717, 1.165) is 11.1 Å². The summed E-state index contributed by atoms with van der Waals surface area (Å²) >= 11 is 0. The summed E-state index contributed by atoms with van der Waals surface area (Å²) in [5.74, 6) is -2.13. The van der Waals surface area contributed by atoms with Gasteiger partial charge in [0.25, 0.3) is 15.9 Å². The van der Waals surface area contributed by atoms with E-state index < -0.39 is 22.0 Å². The Morgan fingerprint density at radius 2 is 1.84 bits per heavy atom. The van der Waals surface area contributed by atoms with Gasteiger partial charge in [0.15, 0.2) is 0 Å². The first-order chi connectivity index (χ1) is 14.5. The quantitative estimate of drug-likeness (QED) is 0.639. The van der Waals surface area contributed by atoms with Crippen molar-refractivity contribution in [3.63, 3.8) is 0 Å². The lowest BCUT2D eigenvalue weighted by Gasteiger charge is -2.28. The van der Waals surface area contributed by atoms with Crippen LogP contribution in [0.4, 0.5) is 14.5 Å². The van der Waals surface area contributed by atoms with E-state index in [1.165, 1.54) is 16.4 Å². The molecule has 1 fully saturated rings. The maximum absolute atomic E-state index is 13.4. The van der Waals surface area contributed by atoms with Crippen molar-refractivity contribution in [2.45, 2.75) is 51.0 Å². The fraction of sp³-hybridized carbons (Fsp3) is 0.478. The van der Waals surface area contributed by atoms with E-state index in [1.807, 2.05) is 45.9 Å². The van der Waals surface area contributed by atoms with E-state index in [4.69, 9.17) is 4.74 Å². The third-order valence-electron chi connectivity index (χ3n) is 5.21. The van der Waals surface area contributed by atoms with Crippen LogP contribution in [0, 0.1) is 19.8 Å². The van der Waals surface area contributed by atoms with Gasteiger partial charge >= 0.3 is 0 Å². The van der Waals surface area contributed by atoms with Gasteiger partial charge in [-0.25, -0.2) is 17.2 Å². The van der Waals surface area contributed by atoms with Crippen molar-refractivity contribution in [1.82, 2.24) is 5.32 Å². The summed E-state index contributed by atoms with van der Waals surface area (Å²) in [7, 11) is -3.78. The van der Waals surface area contributed by atoms with Gasteiger partial charge in [-0.3, -0.25) is 4.31 Å². The van der Waals surface area contributed by atoms with E-state index >= 15 is 0 Å². The van der Waals surface area contributed by atoms with Gasteiger partial charge in [0.2, 0.25) is 0 Å². The monoisotopic (exact) mass is 452 g/mol. The number of sulfonamides is 1. The molecular formula is C23H30F2N2O3S. The van der Waals surface area contributed by atoms with Gasteiger partial charge in [-0.05, 0) is 55.7 Å². The second-order valence-electron chi connectivity index (χ2n) is 8.64. The molecule has 0 spiro atoms. The Balaban J connectivity index is 1.78. The first kappa shape index (κ1) is 23.5. The van der Waals surface area contributed by atoms with Crippen LogP contribution < -0.4 is 14.4 Å². The lowest BCUT2D eigenvalue weighted by molar-refractivity contribution is 0.0196. The fourth-order valence-electron chi connectivity index (χ4n) is 3.69. The molecule has 3 rings (SSSR count). The van der Waals surface area contributed by atoms with Gasteiger partial charge in [-0.15, -0.1) is 0 Å². The average molecular weight is 453 g/mol. The van der Waals surface area contributed by atoms with Gasteiger partial charge in [0, 0.05) is 19.0 Å². The van der Waals surface area contributed by atoms with Crippen molar-refractivity contribution in [3.8, 4) is 5.75 Å². The number of hydrogen-bond donors (Lipinski definition) is 1. The Hall–Kier alpha value is -2.19. The molecule has 170 valence electrons. The zero-order valence-electron chi connectivity index (χ0n) is 18.4. The molecule has 1 heterocycles. The summed E-state index contributed by atoms with van der Waals surface area (Å²) in [5.41, 5.74) is 2.62. The predicted molar refractivity (Wildman–Crippen MR) is 119 cm³/mol. The van der Waals surface area contributed by atoms with E-state index in [9.17, 15) is 17.2 Å². The van der Waals surface area contributed by atoms with Crippen LogP contribution in [0.25, 0.3) is 0 Å². The molecule has 0 amide bonds. The standard InChI is InChI=1S/C23H30F2N2O3S/c1-16(2)13-27(22-10-5-17(3)11-18(22)4)31(28,29)21-8-6-20(7-9-21)30-14-19-12-23(24,25)15-26-19/h5-11,16,19,26H,12-15H2,1-4H3/t19-/m0/s1. The third-order valence-corrected chi connectivity index (χ3v) is 7.00. The molecule has 1 atom stereocenters. The molecule has 0 saturated carbocycles. The highest BCUT2D eigenvalue weighted by Crippen LogP contribution is 2.30. The maximum atomic E-state index is 13.4. The average Bonchev–Trinajstić information content (AvgIpc) is 3.04. The number of anilines is 1. The molecule has 0 radical (unpaired) electrons. The van der Waals surface area contributed by atoms with Gasteiger partial charge in [0.05, 0.1) is 17.1 Å². The van der Waals surface area contributed by atoms with Gasteiger partial charge in [-0.2, -0.15) is 0 Å². The Labute approximate surface area is 183 Å². The Kier molecular flexibility index (Phi) is 6.91. The number of hydrogen-bond acceptors (Lipinski definition) is 4. The van der Waals surface area contributed by atoms with Crippen LogP contribution in [0.15, 0.2) is 47.4 Å². The molecule has 0 bridgehead atoms. The van der Waals surface area contributed by atoms with Gasteiger partial charge in [0.1, 0.15) is 12.4 Å². The summed E-state index contributed by atoms with van der Waals surface area (Å²) in [4.78, 5) is 0.158. The number of nitrogens with zero attached hydrogens (tertiary/aromatic N) is 1. The van der Waals surface area contributed by atoms with E-state index in [2.05, 4.69) is 5.32 Å². The summed E-state index contributed by atoms with van der Waals surface area (Å²) in [6.07, 6.45) is -0.264. The maximum Gasteiger partial charge on any atom is 0.264 e. The first-order valence-corrected chi connectivity index (χ1v) is 11.9. The summed E-state index contributed by atoms with van der Waals surface area (Å²) in [6.45, 7) is 7.94. The molecule has 2 aromatic rings. The third kappa shape index (κ3) is 5.74. The first-order valence-electron chi connectivity index (χ1n) is 10.4. The van der Waals surface area contributed by atoms with Crippen LogP contribution in [-0.4, -0.2) is 40.1 Å².